The molecule has 20 heavy (non-hydrogen) atoms. The van der Waals surface area contributed by atoms with Crippen molar-refractivity contribution >= 4 is 17.6 Å². The summed E-state index contributed by atoms with van der Waals surface area (Å²) in [5.74, 6) is -1.04. The maximum absolute atomic E-state index is 12.5. The summed E-state index contributed by atoms with van der Waals surface area (Å²) in [5.41, 5.74) is 6.84. The van der Waals surface area contributed by atoms with E-state index in [9.17, 15) is 14.7 Å². The molecule has 0 bridgehead atoms. The van der Waals surface area contributed by atoms with Crippen molar-refractivity contribution in [3.05, 3.63) is 29.3 Å². The highest BCUT2D eigenvalue weighted by Gasteiger charge is 2.39. The number of hydrogen-bond acceptors (Lipinski definition) is 3. The third kappa shape index (κ3) is 2.61. The topological polar surface area (TPSA) is 83.6 Å². The summed E-state index contributed by atoms with van der Waals surface area (Å²) < 4.78 is 0. The number of nitrogens with two attached hydrogens (primary N) is 1. The lowest BCUT2D eigenvalue weighted by atomic mass is 9.82. The van der Waals surface area contributed by atoms with Crippen LogP contribution >= 0.6 is 0 Å². The molecule has 3 N–H and O–H groups in total. The molecule has 0 aliphatic carbocycles. The van der Waals surface area contributed by atoms with Gasteiger partial charge in [-0.15, -0.1) is 0 Å². The maximum Gasteiger partial charge on any atom is 0.311 e. The molecule has 1 saturated heterocycles. The molecule has 108 valence electrons. The van der Waals surface area contributed by atoms with E-state index >= 15 is 0 Å². The average molecular weight is 276 g/mol. The third-order valence-corrected chi connectivity index (χ3v) is 3.94. The predicted octanol–water partition coefficient (Wildman–Crippen LogP) is 1.90. The van der Waals surface area contributed by atoms with Crippen LogP contribution in [-0.4, -0.2) is 35.0 Å². The van der Waals surface area contributed by atoms with Crippen molar-refractivity contribution in [1.29, 1.82) is 0 Å². The first-order chi connectivity index (χ1) is 9.33. The van der Waals surface area contributed by atoms with E-state index in [1.165, 1.54) is 0 Å². The largest absolute Gasteiger partial charge is 0.481 e. The lowest BCUT2D eigenvalue weighted by molar-refractivity contribution is -0.150. The van der Waals surface area contributed by atoms with Gasteiger partial charge < -0.3 is 15.7 Å². The van der Waals surface area contributed by atoms with Gasteiger partial charge in [-0.2, -0.15) is 0 Å². The quantitative estimate of drug-likeness (QED) is 0.808. The lowest BCUT2D eigenvalue weighted by Gasteiger charge is -2.37. The van der Waals surface area contributed by atoms with Gasteiger partial charge >= 0.3 is 5.97 Å². The van der Waals surface area contributed by atoms with Gasteiger partial charge in [-0.3, -0.25) is 9.59 Å². The fraction of sp³-hybridized carbons (Fsp3) is 0.467. The Kier molecular flexibility index (Phi) is 3.70. The van der Waals surface area contributed by atoms with Crippen LogP contribution in [0.2, 0.25) is 0 Å². The number of carboxylic acid groups (broad SMARTS) is 1. The van der Waals surface area contributed by atoms with Crippen LogP contribution < -0.4 is 5.73 Å². The van der Waals surface area contributed by atoms with Crippen LogP contribution in [0.3, 0.4) is 0 Å². The van der Waals surface area contributed by atoms with E-state index in [0.29, 0.717) is 30.6 Å². The number of amides is 1. The Morgan fingerprint density at radius 3 is 2.75 bits per heavy atom. The summed E-state index contributed by atoms with van der Waals surface area (Å²) in [7, 11) is 0. The molecule has 1 aromatic rings. The highest BCUT2D eigenvalue weighted by Crippen LogP contribution is 2.31. The Labute approximate surface area is 118 Å². The molecule has 1 unspecified atom stereocenters. The number of carboxylic acids is 1. The summed E-state index contributed by atoms with van der Waals surface area (Å²) in [6, 6.07) is 5.32. The monoisotopic (exact) mass is 276 g/mol. The van der Waals surface area contributed by atoms with Gasteiger partial charge in [0.25, 0.3) is 5.91 Å². The Hall–Kier alpha value is -2.04. The molecule has 1 aliphatic rings. The molecule has 1 fully saturated rings. The van der Waals surface area contributed by atoms with Crippen molar-refractivity contribution in [1.82, 2.24) is 4.90 Å². The lowest BCUT2D eigenvalue weighted by Crippen LogP contribution is -2.48. The number of carbonyl (C=O) groups is 2. The Balaban J connectivity index is 2.25. The standard InChI is InChI=1S/C15H20N2O3/c1-10-4-5-12(16)11(8-10)13(18)17-7-3-6-15(2,9-17)14(19)20/h4-5,8H,3,6-7,9,16H2,1-2H3,(H,19,20). The number of hydrogen-bond donors (Lipinski definition) is 2. The zero-order valence-electron chi connectivity index (χ0n) is 11.8. The predicted molar refractivity (Wildman–Crippen MR) is 76.5 cm³/mol. The van der Waals surface area contributed by atoms with Crippen molar-refractivity contribution in [2.45, 2.75) is 26.7 Å². The Morgan fingerprint density at radius 1 is 1.40 bits per heavy atom. The molecular weight excluding hydrogens is 256 g/mol. The van der Waals surface area contributed by atoms with E-state index in [4.69, 9.17) is 5.73 Å². The van der Waals surface area contributed by atoms with E-state index in [0.717, 1.165) is 5.56 Å². The van der Waals surface area contributed by atoms with Crippen molar-refractivity contribution in [2.75, 3.05) is 18.8 Å². The number of rotatable bonds is 2. The molecule has 1 atom stereocenters. The zero-order valence-corrected chi connectivity index (χ0v) is 11.8. The minimum atomic E-state index is -0.869. The van der Waals surface area contributed by atoms with E-state index in [-0.39, 0.29) is 12.5 Å². The zero-order chi connectivity index (χ0) is 14.9. The Morgan fingerprint density at radius 2 is 2.10 bits per heavy atom. The molecule has 1 heterocycles. The van der Waals surface area contributed by atoms with E-state index in [1.54, 1.807) is 24.0 Å². The van der Waals surface area contributed by atoms with Gasteiger partial charge in [0.15, 0.2) is 0 Å². The molecule has 1 aromatic carbocycles. The SMILES string of the molecule is Cc1ccc(N)c(C(=O)N2CCCC(C)(C(=O)O)C2)c1. The number of piperidine rings is 1. The van der Waals surface area contributed by atoms with Crippen molar-refractivity contribution in [2.24, 2.45) is 5.41 Å². The molecule has 1 amide bonds. The molecule has 0 spiro atoms. The molecule has 5 nitrogen and oxygen atoms in total. The summed E-state index contributed by atoms with van der Waals surface area (Å²) in [6.45, 7) is 4.39. The highest BCUT2D eigenvalue weighted by molar-refractivity contribution is 5.99. The average Bonchev–Trinajstić information content (AvgIpc) is 2.40. The van der Waals surface area contributed by atoms with Crippen LogP contribution in [0.15, 0.2) is 18.2 Å². The number of nitrogens with zero attached hydrogens (tertiary/aromatic N) is 1. The summed E-state index contributed by atoms with van der Waals surface area (Å²) in [6.07, 6.45) is 1.29. The van der Waals surface area contributed by atoms with Crippen LogP contribution in [0.1, 0.15) is 35.7 Å². The summed E-state index contributed by atoms with van der Waals surface area (Å²) in [4.78, 5) is 25.5. The van der Waals surface area contributed by atoms with Gasteiger partial charge in [0.2, 0.25) is 0 Å². The number of aliphatic carboxylic acids is 1. The number of nitrogen functional groups attached to an aromatic ring is 1. The van der Waals surface area contributed by atoms with Crippen molar-refractivity contribution < 1.29 is 14.7 Å². The van der Waals surface area contributed by atoms with Gasteiger partial charge in [0, 0.05) is 18.8 Å². The first-order valence-corrected chi connectivity index (χ1v) is 6.72. The van der Waals surface area contributed by atoms with Gasteiger partial charge in [-0.1, -0.05) is 11.6 Å². The molecule has 2 rings (SSSR count). The van der Waals surface area contributed by atoms with E-state index in [1.807, 2.05) is 13.0 Å². The van der Waals surface area contributed by atoms with Gasteiger partial charge in [0.05, 0.1) is 11.0 Å². The number of anilines is 1. The molecular formula is C15H20N2O3. The minimum absolute atomic E-state index is 0.182. The smallest absolute Gasteiger partial charge is 0.311 e. The molecule has 5 heteroatoms. The van der Waals surface area contributed by atoms with E-state index in [2.05, 4.69) is 0 Å². The van der Waals surface area contributed by atoms with E-state index < -0.39 is 11.4 Å². The highest BCUT2D eigenvalue weighted by atomic mass is 16.4. The molecule has 1 aliphatic heterocycles. The van der Waals surface area contributed by atoms with Crippen LogP contribution in [0.5, 0.6) is 0 Å². The second-order valence-corrected chi connectivity index (χ2v) is 5.79. The molecule has 0 radical (unpaired) electrons. The number of likely N-dealkylation sites (tertiary alicyclic amines) is 1. The van der Waals surface area contributed by atoms with Crippen molar-refractivity contribution in [3.8, 4) is 0 Å². The minimum Gasteiger partial charge on any atom is -0.481 e. The maximum atomic E-state index is 12.5. The molecule has 0 saturated carbocycles. The number of aryl methyl sites for hydroxylation is 1. The van der Waals surface area contributed by atoms with Crippen LogP contribution in [0.25, 0.3) is 0 Å². The first-order valence-electron chi connectivity index (χ1n) is 6.72. The number of benzene rings is 1. The Bertz CT molecular complexity index is 556. The van der Waals surface area contributed by atoms with Gasteiger partial charge in [-0.25, -0.2) is 0 Å². The van der Waals surface area contributed by atoms with Crippen LogP contribution in [0.4, 0.5) is 5.69 Å². The number of carbonyl (C=O) groups excluding carboxylic acids is 1. The summed E-state index contributed by atoms with van der Waals surface area (Å²) in [5, 5.41) is 9.30. The fourth-order valence-corrected chi connectivity index (χ4v) is 2.61. The van der Waals surface area contributed by atoms with Crippen LogP contribution in [-0.2, 0) is 4.79 Å². The van der Waals surface area contributed by atoms with Crippen molar-refractivity contribution in [3.63, 3.8) is 0 Å². The third-order valence-electron chi connectivity index (χ3n) is 3.94. The second kappa shape index (κ2) is 5.15. The second-order valence-electron chi connectivity index (χ2n) is 5.79. The van der Waals surface area contributed by atoms with Crippen LogP contribution in [0, 0.1) is 12.3 Å². The summed E-state index contributed by atoms with van der Waals surface area (Å²) >= 11 is 0. The molecule has 0 aromatic heterocycles. The fourth-order valence-electron chi connectivity index (χ4n) is 2.61. The normalized spacial score (nSPS) is 22.6. The van der Waals surface area contributed by atoms with Gasteiger partial charge in [0.1, 0.15) is 0 Å². The first kappa shape index (κ1) is 14.4. The van der Waals surface area contributed by atoms with Gasteiger partial charge in [-0.05, 0) is 38.8 Å².